The maximum Gasteiger partial charge on any atom is 0.409 e. The fourth-order valence-electron chi connectivity index (χ4n) is 2.30. The number of para-hydroxylation sites is 1. The number of amides is 3. The van der Waals surface area contributed by atoms with Crippen LogP contribution in [0.25, 0.3) is 0 Å². The molecule has 1 saturated heterocycles. The van der Waals surface area contributed by atoms with E-state index in [4.69, 9.17) is 4.74 Å². The normalized spacial score (nSPS) is 15.4. The summed E-state index contributed by atoms with van der Waals surface area (Å²) < 4.78 is 4.96. The minimum absolute atomic E-state index is 0.0828. The number of anilines is 1. The molecule has 0 aromatic heterocycles. The first-order valence-corrected chi connectivity index (χ1v) is 7.23. The van der Waals surface area contributed by atoms with E-state index in [1.54, 1.807) is 11.8 Å². The summed E-state index contributed by atoms with van der Waals surface area (Å²) in [5, 5.41) is 5.72. The van der Waals surface area contributed by atoms with Gasteiger partial charge in [-0.25, -0.2) is 9.59 Å². The van der Waals surface area contributed by atoms with Gasteiger partial charge >= 0.3 is 12.1 Å². The van der Waals surface area contributed by atoms with Crippen molar-refractivity contribution in [2.75, 3.05) is 25.0 Å². The third kappa shape index (κ3) is 4.66. The first-order chi connectivity index (χ1) is 10.2. The van der Waals surface area contributed by atoms with E-state index in [2.05, 4.69) is 10.6 Å². The van der Waals surface area contributed by atoms with E-state index in [-0.39, 0.29) is 18.2 Å². The third-order valence-electron chi connectivity index (χ3n) is 3.39. The molecule has 0 bridgehead atoms. The number of nitrogens with zero attached hydrogens (tertiary/aromatic N) is 1. The lowest BCUT2D eigenvalue weighted by Crippen LogP contribution is -2.47. The van der Waals surface area contributed by atoms with Gasteiger partial charge in [0.15, 0.2) is 0 Å². The molecular weight excluding hydrogens is 270 g/mol. The molecule has 1 aromatic carbocycles. The second-order valence-corrected chi connectivity index (χ2v) is 4.92. The van der Waals surface area contributed by atoms with Gasteiger partial charge in [-0.15, -0.1) is 0 Å². The molecule has 0 saturated carbocycles. The molecular formula is C15H21N3O3. The van der Waals surface area contributed by atoms with Crippen LogP contribution in [0, 0.1) is 0 Å². The Labute approximate surface area is 124 Å². The number of piperidine rings is 1. The molecule has 3 amide bonds. The maximum atomic E-state index is 11.9. The van der Waals surface area contributed by atoms with Crippen molar-refractivity contribution in [3.63, 3.8) is 0 Å². The Hall–Kier alpha value is -2.24. The van der Waals surface area contributed by atoms with Crippen LogP contribution in [0.2, 0.25) is 0 Å². The van der Waals surface area contributed by atoms with Crippen molar-refractivity contribution in [3.8, 4) is 0 Å². The smallest absolute Gasteiger partial charge is 0.409 e. The number of hydrogen-bond acceptors (Lipinski definition) is 3. The van der Waals surface area contributed by atoms with Crippen LogP contribution in [0.5, 0.6) is 0 Å². The largest absolute Gasteiger partial charge is 0.450 e. The molecule has 1 heterocycles. The van der Waals surface area contributed by atoms with Gasteiger partial charge in [0.1, 0.15) is 0 Å². The zero-order valence-electron chi connectivity index (χ0n) is 12.2. The van der Waals surface area contributed by atoms with Crippen molar-refractivity contribution in [1.82, 2.24) is 10.2 Å². The number of carbonyl (C=O) groups excluding carboxylic acids is 2. The molecule has 0 aliphatic carbocycles. The Bertz CT molecular complexity index is 470. The maximum absolute atomic E-state index is 11.9. The number of benzene rings is 1. The van der Waals surface area contributed by atoms with E-state index in [1.165, 1.54) is 0 Å². The average Bonchev–Trinajstić information content (AvgIpc) is 2.49. The van der Waals surface area contributed by atoms with Crippen LogP contribution in [-0.4, -0.2) is 42.8 Å². The Balaban J connectivity index is 1.73. The van der Waals surface area contributed by atoms with Crippen LogP contribution >= 0.6 is 0 Å². The van der Waals surface area contributed by atoms with Gasteiger partial charge in [-0.05, 0) is 31.9 Å². The highest BCUT2D eigenvalue weighted by Crippen LogP contribution is 2.12. The Kier molecular flexibility index (Phi) is 5.43. The minimum Gasteiger partial charge on any atom is -0.450 e. The standard InChI is InChI=1S/C15H21N3O3/c1-2-21-15(20)18-10-8-13(9-11-18)17-14(19)16-12-6-4-3-5-7-12/h3-7,13H,2,8-11H2,1H3,(H2,16,17,19). The van der Waals surface area contributed by atoms with Gasteiger partial charge < -0.3 is 20.3 Å². The molecule has 0 unspecified atom stereocenters. The average molecular weight is 291 g/mol. The van der Waals surface area contributed by atoms with E-state index >= 15 is 0 Å². The lowest BCUT2D eigenvalue weighted by atomic mass is 10.1. The number of ether oxygens (including phenoxy) is 1. The number of likely N-dealkylation sites (tertiary alicyclic amines) is 1. The molecule has 6 heteroatoms. The van der Waals surface area contributed by atoms with E-state index in [0.29, 0.717) is 19.7 Å². The molecule has 114 valence electrons. The summed E-state index contributed by atoms with van der Waals surface area (Å²) in [4.78, 5) is 25.1. The summed E-state index contributed by atoms with van der Waals surface area (Å²) in [5.74, 6) is 0. The predicted octanol–water partition coefficient (Wildman–Crippen LogP) is 2.43. The van der Waals surface area contributed by atoms with Crippen LogP contribution in [0.4, 0.5) is 15.3 Å². The number of urea groups is 1. The molecule has 2 N–H and O–H groups in total. The summed E-state index contributed by atoms with van der Waals surface area (Å²) >= 11 is 0. The van der Waals surface area contributed by atoms with Crippen LogP contribution in [0.1, 0.15) is 19.8 Å². The second-order valence-electron chi connectivity index (χ2n) is 4.92. The molecule has 1 fully saturated rings. The molecule has 6 nitrogen and oxygen atoms in total. The van der Waals surface area contributed by atoms with Gasteiger partial charge in [0.25, 0.3) is 0 Å². The summed E-state index contributed by atoms with van der Waals surface area (Å²) in [6.45, 7) is 3.39. The van der Waals surface area contributed by atoms with Crippen molar-refractivity contribution in [2.45, 2.75) is 25.8 Å². The quantitative estimate of drug-likeness (QED) is 0.898. The van der Waals surface area contributed by atoms with Crippen molar-refractivity contribution in [1.29, 1.82) is 0 Å². The molecule has 1 aliphatic rings. The fourth-order valence-corrected chi connectivity index (χ4v) is 2.30. The van der Waals surface area contributed by atoms with Gasteiger partial charge in [-0.3, -0.25) is 0 Å². The number of carbonyl (C=O) groups is 2. The molecule has 0 atom stereocenters. The second kappa shape index (κ2) is 7.52. The lowest BCUT2D eigenvalue weighted by molar-refractivity contribution is 0.0959. The first-order valence-electron chi connectivity index (χ1n) is 7.23. The monoisotopic (exact) mass is 291 g/mol. The Morgan fingerprint density at radius 3 is 2.52 bits per heavy atom. The zero-order valence-corrected chi connectivity index (χ0v) is 12.2. The van der Waals surface area contributed by atoms with Crippen molar-refractivity contribution < 1.29 is 14.3 Å². The fraction of sp³-hybridized carbons (Fsp3) is 0.467. The highest BCUT2D eigenvalue weighted by Gasteiger charge is 2.24. The summed E-state index contributed by atoms with van der Waals surface area (Å²) in [7, 11) is 0. The van der Waals surface area contributed by atoms with E-state index in [0.717, 1.165) is 18.5 Å². The summed E-state index contributed by atoms with van der Waals surface area (Å²) in [5.41, 5.74) is 0.763. The van der Waals surface area contributed by atoms with Gasteiger partial charge in [0.05, 0.1) is 6.61 Å². The molecule has 1 aliphatic heterocycles. The SMILES string of the molecule is CCOC(=O)N1CCC(NC(=O)Nc2ccccc2)CC1. The molecule has 2 rings (SSSR count). The van der Waals surface area contributed by atoms with Crippen molar-refractivity contribution in [3.05, 3.63) is 30.3 Å². The van der Waals surface area contributed by atoms with Crippen LogP contribution in [0.3, 0.4) is 0 Å². The first kappa shape index (κ1) is 15.2. The molecule has 0 spiro atoms. The molecule has 21 heavy (non-hydrogen) atoms. The van der Waals surface area contributed by atoms with Gasteiger partial charge in [0, 0.05) is 24.8 Å². The van der Waals surface area contributed by atoms with E-state index in [1.807, 2.05) is 30.3 Å². The topological polar surface area (TPSA) is 70.7 Å². The highest BCUT2D eigenvalue weighted by molar-refractivity contribution is 5.89. The van der Waals surface area contributed by atoms with Crippen LogP contribution in [-0.2, 0) is 4.74 Å². The minimum atomic E-state index is -0.273. The van der Waals surface area contributed by atoms with Crippen LogP contribution in [0.15, 0.2) is 30.3 Å². The van der Waals surface area contributed by atoms with E-state index < -0.39 is 0 Å². The number of rotatable bonds is 3. The number of nitrogens with one attached hydrogen (secondary N) is 2. The highest BCUT2D eigenvalue weighted by atomic mass is 16.6. The third-order valence-corrected chi connectivity index (χ3v) is 3.39. The van der Waals surface area contributed by atoms with Crippen LogP contribution < -0.4 is 10.6 Å². The van der Waals surface area contributed by atoms with E-state index in [9.17, 15) is 9.59 Å². The number of hydrogen-bond donors (Lipinski definition) is 2. The van der Waals surface area contributed by atoms with Crippen molar-refractivity contribution >= 4 is 17.8 Å². The van der Waals surface area contributed by atoms with Crippen molar-refractivity contribution in [2.24, 2.45) is 0 Å². The lowest BCUT2D eigenvalue weighted by Gasteiger charge is -2.31. The van der Waals surface area contributed by atoms with Gasteiger partial charge in [-0.1, -0.05) is 18.2 Å². The molecule has 0 radical (unpaired) electrons. The Morgan fingerprint density at radius 1 is 1.24 bits per heavy atom. The molecule has 1 aromatic rings. The Morgan fingerprint density at radius 2 is 1.90 bits per heavy atom. The van der Waals surface area contributed by atoms with Gasteiger partial charge in [0.2, 0.25) is 0 Å². The van der Waals surface area contributed by atoms with Gasteiger partial charge in [-0.2, -0.15) is 0 Å². The predicted molar refractivity (Wildman–Crippen MR) is 80.2 cm³/mol. The zero-order chi connectivity index (χ0) is 15.1. The summed E-state index contributed by atoms with van der Waals surface area (Å²) in [6.07, 6.45) is 1.20. The summed E-state index contributed by atoms with van der Waals surface area (Å²) in [6, 6.07) is 9.18.